The number of pyridine rings is 1. The van der Waals surface area contributed by atoms with Crippen LogP contribution >= 0.6 is 0 Å². The summed E-state index contributed by atoms with van der Waals surface area (Å²) < 4.78 is 16.8. The van der Waals surface area contributed by atoms with Gasteiger partial charge in [-0.2, -0.15) is 0 Å². The Morgan fingerprint density at radius 2 is 1.61 bits per heavy atom. The molecule has 140 valence electrons. The monoisotopic (exact) mass is 375 g/mol. The first-order chi connectivity index (χ1) is 13.6. The van der Waals surface area contributed by atoms with Crippen molar-refractivity contribution in [1.29, 1.82) is 0 Å². The van der Waals surface area contributed by atoms with E-state index in [0.29, 0.717) is 28.5 Å². The maximum atomic E-state index is 11.2. The van der Waals surface area contributed by atoms with Crippen molar-refractivity contribution in [3.05, 3.63) is 66.4 Å². The quantitative estimate of drug-likeness (QED) is 0.535. The number of benzene rings is 3. The molecule has 0 atom stereocenters. The van der Waals surface area contributed by atoms with Gasteiger partial charge in [-0.05, 0) is 47.2 Å². The Morgan fingerprint density at radius 3 is 2.36 bits per heavy atom. The number of carboxylic acid groups (broad SMARTS) is 1. The second-order valence-electron chi connectivity index (χ2n) is 6.16. The first kappa shape index (κ1) is 17.6. The zero-order valence-corrected chi connectivity index (χ0v) is 15.3. The van der Waals surface area contributed by atoms with Crippen molar-refractivity contribution < 1.29 is 24.1 Å². The van der Waals surface area contributed by atoms with E-state index in [1.807, 2.05) is 24.3 Å². The maximum Gasteiger partial charge on any atom is 0.335 e. The SMILES string of the molecule is COc1cc2nccc(Oc3ccc4ccc(C(=O)O)cc4c3)c2cc1OC. The summed E-state index contributed by atoms with van der Waals surface area (Å²) in [6.07, 6.45) is 1.66. The first-order valence-electron chi connectivity index (χ1n) is 8.55. The van der Waals surface area contributed by atoms with Gasteiger partial charge in [0, 0.05) is 17.6 Å². The van der Waals surface area contributed by atoms with Crippen LogP contribution in [0.2, 0.25) is 0 Å². The smallest absolute Gasteiger partial charge is 0.335 e. The van der Waals surface area contributed by atoms with Gasteiger partial charge in [-0.3, -0.25) is 4.98 Å². The standard InChI is InChI=1S/C22H17NO5/c1-26-20-11-17-18(12-21(20)27-2)23-8-7-19(17)28-16-6-5-13-3-4-14(22(24)25)9-15(13)10-16/h3-12H,1-2H3,(H,24,25). The minimum absolute atomic E-state index is 0.232. The molecule has 0 unspecified atom stereocenters. The van der Waals surface area contributed by atoms with Gasteiger partial charge >= 0.3 is 5.97 Å². The lowest BCUT2D eigenvalue weighted by Crippen LogP contribution is -1.95. The van der Waals surface area contributed by atoms with Crippen LogP contribution in [0, 0.1) is 0 Å². The molecule has 0 bridgehead atoms. The van der Waals surface area contributed by atoms with E-state index in [0.717, 1.165) is 16.2 Å². The fourth-order valence-corrected chi connectivity index (χ4v) is 3.08. The molecule has 4 rings (SSSR count). The second-order valence-corrected chi connectivity index (χ2v) is 6.16. The van der Waals surface area contributed by atoms with Crippen molar-refractivity contribution in [3.8, 4) is 23.0 Å². The average Bonchev–Trinajstić information content (AvgIpc) is 2.72. The van der Waals surface area contributed by atoms with Crippen molar-refractivity contribution in [2.75, 3.05) is 14.2 Å². The van der Waals surface area contributed by atoms with E-state index < -0.39 is 5.97 Å². The van der Waals surface area contributed by atoms with Crippen LogP contribution in [0.15, 0.2) is 60.8 Å². The Balaban J connectivity index is 1.78. The summed E-state index contributed by atoms with van der Waals surface area (Å²) in [6.45, 7) is 0. The summed E-state index contributed by atoms with van der Waals surface area (Å²) in [5.41, 5.74) is 0.944. The van der Waals surface area contributed by atoms with Crippen LogP contribution in [0.5, 0.6) is 23.0 Å². The maximum absolute atomic E-state index is 11.2. The summed E-state index contributed by atoms with van der Waals surface area (Å²) in [5, 5.41) is 11.7. The van der Waals surface area contributed by atoms with Gasteiger partial charge in [0.15, 0.2) is 11.5 Å². The van der Waals surface area contributed by atoms with E-state index in [1.54, 1.807) is 50.7 Å². The molecule has 1 heterocycles. The number of carboxylic acids is 1. The molecule has 0 fully saturated rings. The molecule has 6 nitrogen and oxygen atoms in total. The highest BCUT2D eigenvalue weighted by Crippen LogP contribution is 2.37. The Hall–Kier alpha value is -3.80. The molecule has 0 spiro atoms. The lowest BCUT2D eigenvalue weighted by Gasteiger charge is -2.12. The van der Waals surface area contributed by atoms with Gasteiger partial charge in [-0.1, -0.05) is 12.1 Å². The van der Waals surface area contributed by atoms with E-state index in [9.17, 15) is 9.90 Å². The summed E-state index contributed by atoms with van der Waals surface area (Å²) in [5.74, 6) is 1.41. The van der Waals surface area contributed by atoms with E-state index in [1.165, 1.54) is 0 Å². The molecule has 0 saturated carbocycles. The molecule has 6 heteroatoms. The lowest BCUT2D eigenvalue weighted by molar-refractivity contribution is 0.0697. The molecule has 0 aliphatic carbocycles. The van der Waals surface area contributed by atoms with Crippen molar-refractivity contribution in [1.82, 2.24) is 4.98 Å². The van der Waals surface area contributed by atoms with Crippen LogP contribution in [0.4, 0.5) is 0 Å². The minimum atomic E-state index is -0.964. The third-order valence-corrected chi connectivity index (χ3v) is 4.49. The number of ether oxygens (including phenoxy) is 3. The number of methoxy groups -OCH3 is 2. The Morgan fingerprint density at radius 1 is 0.857 bits per heavy atom. The number of hydrogen-bond acceptors (Lipinski definition) is 5. The molecule has 0 radical (unpaired) electrons. The van der Waals surface area contributed by atoms with Crippen molar-refractivity contribution in [2.45, 2.75) is 0 Å². The number of aromatic nitrogens is 1. The summed E-state index contributed by atoms with van der Waals surface area (Å²) in [4.78, 5) is 15.6. The first-order valence-corrected chi connectivity index (χ1v) is 8.55. The van der Waals surface area contributed by atoms with E-state index in [-0.39, 0.29) is 5.56 Å². The molecule has 0 amide bonds. The van der Waals surface area contributed by atoms with Crippen molar-refractivity contribution in [2.24, 2.45) is 0 Å². The van der Waals surface area contributed by atoms with Gasteiger partial charge in [0.2, 0.25) is 0 Å². The molecule has 0 aliphatic heterocycles. The molecular formula is C22H17NO5. The number of rotatable bonds is 5. The number of aromatic carboxylic acids is 1. The van der Waals surface area contributed by atoms with Crippen molar-refractivity contribution in [3.63, 3.8) is 0 Å². The topological polar surface area (TPSA) is 77.9 Å². The van der Waals surface area contributed by atoms with E-state index >= 15 is 0 Å². The van der Waals surface area contributed by atoms with Gasteiger partial charge in [-0.15, -0.1) is 0 Å². The van der Waals surface area contributed by atoms with Crippen LogP contribution in [-0.2, 0) is 0 Å². The average molecular weight is 375 g/mol. The fourth-order valence-electron chi connectivity index (χ4n) is 3.08. The third kappa shape index (κ3) is 3.16. The van der Waals surface area contributed by atoms with Gasteiger partial charge in [0.1, 0.15) is 11.5 Å². The highest BCUT2D eigenvalue weighted by Gasteiger charge is 2.12. The predicted octanol–water partition coefficient (Wildman–Crippen LogP) is 4.90. The second kappa shape index (κ2) is 7.08. The molecule has 1 N–H and O–H groups in total. The van der Waals surface area contributed by atoms with E-state index in [2.05, 4.69) is 4.98 Å². The molecule has 0 saturated heterocycles. The van der Waals surface area contributed by atoms with Gasteiger partial charge in [0.05, 0.1) is 25.3 Å². The molecule has 28 heavy (non-hydrogen) atoms. The summed E-state index contributed by atoms with van der Waals surface area (Å²) in [6, 6.07) is 15.9. The normalized spacial score (nSPS) is 10.8. The highest BCUT2D eigenvalue weighted by atomic mass is 16.5. The van der Waals surface area contributed by atoms with Crippen LogP contribution < -0.4 is 14.2 Å². The van der Waals surface area contributed by atoms with Gasteiger partial charge in [-0.25, -0.2) is 4.79 Å². The van der Waals surface area contributed by atoms with Crippen molar-refractivity contribution >= 4 is 27.6 Å². The minimum Gasteiger partial charge on any atom is -0.493 e. The molecule has 1 aromatic heterocycles. The largest absolute Gasteiger partial charge is 0.493 e. The Bertz CT molecular complexity index is 1200. The zero-order chi connectivity index (χ0) is 19.7. The Labute approximate surface area is 160 Å². The van der Waals surface area contributed by atoms with E-state index in [4.69, 9.17) is 14.2 Å². The number of nitrogens with zero attached hydrogens (tertiary/aromatic N) is 1. The van der Waals surface area contributed by atoms with Crippen LogP contribution in [0.1, 0.15) is 10.4 Å². The molecule has 0 aliphatic rings. The Kier molecular flexibility index (Phi) is 4.45. The predicted molar refractivity (Wildman–Crippen MR) is 106 cm³/mol. The van der Waals surface area contributed by atoms with Gasteiger partial charge in [0.25, 0.3) is 0 Å². The van der Waals surface area contributed by atoms with Crippen LogP contribution in [-0.4, -0.2) is 30.3 Å². The van der Waals surface area contributed by atoms with Crippen LogP contribution in [0.3, 0.4) is 0 Å². The molecular weight excluding hydrogens is 358 g/mol. The number of hydrogen-bond donors (Lipinski definition) is 1. The number of fused-ring (bicyclic) bond motifs is 2. The molecule has 4 aromatic rings. The summed E-state index contributed by atoms with van der Waals surface area (Å²) in [7, 11) is 3.15. The fraction of sp³-hybridized carbons (Fsp3) is 0.0909. The highest BCUT2D eigenvalue weighted by molar-refractivity contribution is 5.95. The third-order valence-electron chi connectivity index (χ3n) is 4.49. The summed E-state index contributed by atoms with van der Waals surface area (Å²) >= 11 is 0. The van der Waals surface area contributed by atoms with Crippen LogP contribution in [0.25, 0.3) is 21.7 Å². The molecule has 3 aromatic carbocycles. The van der Waals surface area contributed by atoms with Gasteiger partial charge < -0.3 is 19.3 Å². The zero-order valence-electron chi connectivity index (χ0n) is 15.3. The lowest BCUT2D eigenvalue weighted by atomic mass is 10.1. The number of carbonyl (C=O) groups is 1.